The fraction of sp³-hybridized carbons (Fsp3) is 0.500. The fourth-order valence-corrected chi connectivity index (χ4v) is 2.48. The summed E-state index contributed by atoms with van der Waals surface area (Å²) in [7, 11) is 1.97. The summed E-state index contributed by atoms with van der Waals surface area (Å²) in [5.41, 5.74) is 0. The van der Waals surface area contributed by atoms with Crippen molar-refractivity contribution in [2.75, 3.05) is 13.6 Å². The van der Waals surface area contributed by atoms with Gasteiger partial charge in [-0.15, -0.1) is 21.5 Å². The van der Waals surface area contributed by atoms with Gasteiger partial charge in [0.2, 0.25) is 0 Å². The Bertz CT molecular complexity index is 425. The van der Waals surface area contributed by atoms with Gasteiger partial charge in [0.1, 0.15) is 15.8 Å². The Labute approximate surface area is 105 Å². The van der Waals surface area contributed by atoms with Crippen molar-refractivity contribution in [1.29, 1.82) is 0 Å². The molecular formula is C12H17N3OS. The molecule has 0 aliphatic heterocycles. The minimum Gasteiger partial charge on any atom is -0.469 e. The average Bonchev–Trinajstić information content (AvgIpc) is 2.98. The summed E-state index contributed by atoms with van der Waals surface area (Å²) in [5.74, 6) is 1.01. The van der Waals surface area contributed by atoms with Crippen LogP contribution in [0.1, 0.15) is 22.2 Å². The van der Waals surface area contributed by atoms with Crippen LogP contribution in [0.5, 0.6) is 0 Å². The number of aromatic nitrogens is 2. The number of furan rings is 1. The SMILES string of the molecule is CNCCCc1nnc(CCc2ccco2)s1. The summed E-state index contributed by atoms with van der Waals surface area (Å²) < 4.78 is 5.29. The van der Waals surface area contributed by atoms with E-state index in [4.69, 9.17) is 4.42 Å². The van der Waals surface area contributed by atoms with Gasteiger partial charge in [-0.25, -0.2) is 0 Å². The maximum Gasteiger partial charge on any atom is 0.117 e. The van der Waals surface area contributed by atoms with E-state index in [1.165, 1.54) is 0 Å². The Morgan fingerprint density at radius 1 is 1.24 bits per heavy atom. The number of hydrogen-bond acceptors (Lipinski definition) is 5. The molecular weight excluding hydrogens is 234 g/mol. The summed E-state index contributed by atoms with van der Waals surface area (Å²) in [4.78, 5) is 0. The molecule has 0 saturated heterocycles. The molecule has 0 saturated carbocycles. The van der Waals surface area contributed by atoms with Crippen molar-refractivity contribution in [1.82, 2.24) is 15.5 Å². The van der Waals surface area contributed by atoms with Gasteiger partial charge in [-0.2, -0.15) is 0 Å². The molecule has 1 N–H and O–H groups in total. The zero-order valence-electron chi connectivity index (χ0n) is 9.98. The van der Waals surface area contributed by atoms with Crippen molar-refractivity contribution in [2.24, 2.45) is 0 Å². The first-order valence-corrected chi connectivity index (χ1v) is 6.68. The molecule has 0 fully saturated rings. The molecule has 92 valence electrons. The lowest BCUT2D eigenvalue weighted by Gasteiger charge is -1.94. The van der Waals surface area contributed by atoms with Gasteiger partial charge in [-0.1, -0.05) is 0 Å². The second kappa shape index (κ2) is 6.51. The van der Waals surface area contributed by atoms with E-state index in [0.29, 0.717) is 0 Å². The summed E-state index contributed by atoms with van der Waals surface area (Å²) in [5, 5.41) is 13.8. The maximum atomic E-state index is 5.29. The van der Waals surface area contributed by atoms with Crippen molar-refractivity contribution >= 4 is 11.3 Å². The quantitative estimate of drug-likeness (QED) is 0.765. The van der Waals surface area contributed by atoms with E-state index in [2.05, 4.69) is 15.5 Å². The molecule has 17 heavy (non-hydrogen) atoms. The Morgan fingerprint density at radius 3 is 2.76 bits per heavy atom. The lowest BCUT2D eigenvalue weighted by atomic mass is 10.2. The predicted octanol–water partition coefficient (Wildman–Crippen LogP) is 2.07. The minimum atomic E-state index is 0.901. The van der Waals surface area contributed by atoms with E-state index in [0.717, 1.165) is 48.0 Å². The normalized spacial score (nSPS) is 10.9. The number of rotatable bonds is 7. The first-order valence-electron chi connectivity index (χ1n) is 5.86. The number of nitrogens with zero attached hydrogens (tertiary/aromatic N) is 2. The predicted molar refractivity (Wildman–Crippen MR) is 68.3 cm³/mol. The first-order chi connectivity index (χ1) is 8.38. The average molecular weight is 251 g/mol. The van der Waals surface area contributed by atoms with Gasteiger partial charge >= 0.3 is 0 Å². The van der Waals surface area contributed by atoms with Crippen LogP contribution in [-0.4, -0.2) is 23.8 Å². The largest absolute Gasteiger partial charge is 0.469 e. The zero-order chi connectivity index (χ0) is 11.9. The third kappa shape index (κ3) is 3.94. The van der Waals surface area contributed by atoms with Crippen LogP contribution < -0.4 is 5.32 Å². The van der Waals surface area contributed by atoms with Crippen molar-refractivity contribution in [2.45, 2.75) is 25.7 Å². The molecule has 0 aromatic carbocycles. The monoisotopic (exact) mass is 251 g/mol. The molecule has 0 aliphatic rings. The molecule has 2 rings (SSSR count). The van der Waals surface area contributed by atoms with Crippen LogP contribution in [0.3, 0.4) is 0 Å². The number of nitrogens with one attached hydrogen (secondary N) is 1. The van der Waals surface area contributed by atoms with Crippen molar-refractivity contribution in [3.05, 3.63) is 34.2 Å². The third-order valence-corrected chi connectivity index (χ3v) is 3.53. The molecule has 0 radical (unpaired) electrons. The highest BCUT2D eigenvalue weighted by molar-refractivity contribution is 7.11. The third-order valence-electron chi connectivity index (χ3n) is 2.49. The standard InChI is InChI=1S/C12H17N3OS/c1-13-8-2-5-11-14-15-12(17-11)7-6-10-4-3-9-16-10/h3-4,9,13H,2,5-8H2,1H3. The van der Waals surface area contributed by atoms with E-state index >= 15 is 0 Å². The summed E-state index contributed by atoms with van der Waals surface area (Å²) in [6.07, 6.45) is 5.65. The van der Waals surface area contributed by atoms with Crippen LogP contribution in [-0.2, 0) is 19.3 Å². The van der Waals surface area contributed by atoms with Crippen LogP contribution in [0.15, 0.2) is 22.8 Å². The van der Waals surface area contributed by atoms with E-state index in [1.54, 1.807) is 17.6 Å². The molecule has 2 aromatic heterocycles. The molecule has 0 atom stereocenters. The van der Waals surface area contributed by atoms with Gasteiger partial charge in [0, 0.05) is 19.3 Å². The van der Waals surface area contributed by atoms with Gasteiger partial charge in [-0.3, -0.25) is 0 Å². The van der Waals surface area contributed by atoms with Gasteiger partial charge in [0.05, 0.1) is 6.26 Å². The second-order valence-electron chi connectivity index (χ2n) is 3.88. The van der Waals surface area contributed by atoms with Gasteiger partial charge in [0.25, 0.3) is 0 Å². The zero-order valence-corrected chi connectivity index (χ0v) is 10.8. The van der Waals surface area contributed by atoms with E-state index < -0.39 is 0 Å². The molecule has 0 bridgehead atoms. The Morgan fingerprint density at radius 2 is 2.06 bits per heavy atom. The molecule has 0 amide bonds. The van der Waals surface area contributed by atoms with E-state index in [1.807, 2.05) is 19.2 Å². The lowest BCUT2D eigenvalue weighted by Crippen LogP contribution is -2.08. The Kier molecular flexibility index (Phi) is 4.70. The van der Waals surface area contributed by atoms with Crippen molar-refractivity contribution in [3.8, 4) is 0 Å². The molecule has 4 nitrogen and oxygen atoms in total. The van der Waals surface area contributed by atoms with Crippen molar-refractivity contribution < 1.29 is 4.42 Å². The summed E-state index contributed by atoms with van der Waals surface area (Å²) in [6.45, 7) is 1.03. The molecule has 2 heterocycles. The van der Waals surface area contributed by atoms with Crippen LogP contribution in [0.25, 0.3) is 0 Å². The van der Waals surface area contributed by atoms with E-state index in [9.17, 15) is 0 Å². The molecule has 0 spiro atoms. The van der Waals surface area contributed by atoms with Crippen LogP contribution in [0, 0.1) is 0 Å². The van der Waals surface area contributed by atoms with Crippen molar-refractivity contribution in [3.63, 3.8) is 0 Å². The van der Waals surface area contributed by atoms with E-state index in [-0.39, 0.29) is 0 Å². The van der Waals surface area contributed by atoms with Gasteiger partial charge in [-0.05, 0) is 32.1 Å². The molecule has 0 unspecified atom stereocenters. The Hall–Kier alpha value is -1.20. The summed E-state index contributed by atoms with van der Waals surface area (Å²) in [6, 6.07) is 3.91. The maximum absolute atomic E-state index is 5.29. The summed E-state index contributed by atoms with van der Waals surface area (Å²) >= 11 is 1.71. The number of hydrogen-bond donors (Lipinski definition) is 1. The Balaban J connectivity index is 1.77. The van der Waals surface area contributed by atoms with Crippen LogP contribution in [0.4, 0.5) is 0 Å². The fourth-order valence-electron chi connectivity index (χ4n) is 1.59. The molecule has 2 aromatic rings. The lowest BCUT2D eigenvalue weighted by molar-refractivity contribution is 0.508. The topological polar surface area (TPSA) is 51.0 Å². The smallest absolute Gasteiger partial charge is 0.117 e. The second-order valence-corrected chi connectivity index (χ2v) is 5.02. The highest BCUT2D eigenvalue weighted by atomic mass is 32.1. The highest BCUT2D eigenvalue weighted by Crippen LogP contribution is 2.14. The first kappa shape index (κ1) is 12.3. The molecule has 5 heteroatoms. The van der Waals surface area contributed by atoms with Gasteiger partial charge < -0.3 is 9.73 Å². The van der Waals surface area contributed by atoms with Gasteiger partial charge in [0.15, 0.2) is 0 Å². The number of aryl methyl sites for hydroxylation is 3. The minimum absolute atomic E-state index is 0.901. The molecule has 0 aliphatic carbocycles. The highest BCUT2D eigenvalue weighted by Gasteiger charge is 2.05. The van der Waals surface area contributed by atoms with Crippen LogP contribution >= 0.6 is 11.3 Å². The van der Waals surface area contributed by atoms with Crippen LogP contribution in [0.2, 0.25) is 0 Å².